The van der Waals surface area contributed by atoms with Crippen molar-refractivity contribution in [2.45, 2.75) is 57.3 Å². The summed E-state index contributed by atoms with van der Waals surface area (Å²) in [7, 11) is 0. The van der Waals surface area contributed by atoms with E-state index < -0.39 is 12.7 Å². The molecule has 0 spiro atoms. The number of hydrogen-bond donors (Lipinski definition) is 2. The summed E-state index contributed by atoms with van der Waals surface area (Å²) in [5, 5.41) is 7.04. The van der Waals surface area contributed by atoms with Crippen molar-refractivity contribution in [3.05, 3.63) is 0 Å². The minimum atomic E-state index is -4.07. The summed E-state index contributed by atoms with van der Waals surface area (Å²) in [4.78, 5) is 1.53. The Morgan fingerprint density at radius 1 is 1.29 bits per heavy atom. The zero-order chi connectivity index (χ0) is 15.3. The predicted octanol–water partition coefficient (Wildman–Crippen LogP) is 2.38. The van der Waals surface area contributed by atoms with Gasteiger partial charge in [-0.25, -0.2) is 0 Å². The first-order valence-electron chi connectivity index (χ1n) is 8.18. The highest BCUT2D eigenvalue weighted by Gasteiger charge is 2.34. The van der Waals surface area contributed by atoms with Crippen LogP contribution in [0.3, 0.4) is 0 Å². The molecule has 3 atom stereocenters. The third-order valence-electron chi connectivity index (χ3n) is 4.58. The van der Waals surface area contributed by atoms with E-state index in [1.54, 1.807) is 0 Å². The Morgan fingerprint density at radius 3 is 2.76 bits per heavy atom. The molecular weight excluding hydrogens is 279 g/mol. The number of rotatable bonds is 6. The monoisotopic (exact) mass is 307 g/mol. The minimum absolute atomic E-state index is 0.356. The second kappa shape index (κ2) is 7.79. The molecule has 0 aromatic rings. The number of likely N-dealkylation sites (tertiary alicyclic amines) is 1. The third-order valence-corrected chi connectivity index (χ3v) is 4.58. The van der Waals surface area contributed by atoms with Crippen molar-refractivity contribution in [3.63, 3.8) is 0 Å². The lowest BCUT2D eigenvalue weighted by Crippen LogP contribution is -2.41. The molecule has 0 bridgehead atoms. The van der Waals surface area contributed by atoms with Crippen LogP contribution in [0.1, 0.15) is 39.0 Å². The Balaban J connectivity index is 1.60. The molecule has 2 saturated heterocycles. The molecule has 124 valence electrons. The van der Waals surface area contributed by atoms with Gasteiger partial charge < -0.3 is 10.6 Å². The highest BCUT2D eigenvalue weighted by molar-refractivity contribution is 4.81. The number of piperidine rings is 1. The average Bonchev–Trinajstić information content (AvgIpc) is 2.83. The van der Waals surface area contributed by atoms with Gasteiger partial charge in [-0.05, 0) is 58.2 Å². The Labute approximate surface area is 125 Å². The number of nitrogens with zero attached hydrogens (tertiary/aromatic N) is 1. The van der Waals surface area contributed by atoms with E-state index in [9.17, 15) is 13.2 Å². The summed E-state index contributed by atoms with van der Waals surface area (Å²) in [6.07, 6.45) is 1.74. The smallest absolute Gasteiger partial charge is 0.314 e. The van der Waals surface area contributed by atoms with Crippen molar-refractivity contribution in [3.8, 4) is 0 Å². The van der Waals surface area contributed by atoms with Crippen LogP contribution in [-0.4, -0.2) is 55.9 Å². The molecule has 0 amide bonds. The molecule has 2 N–H and O–H groups in total. The molecule has 2 heterocycles. The van der Waals surface area contributed by atoms with Gasteiger partial charge >= 0.3 is 6.18 Å². The maximum Gasteiger partial charge on any atom is 0.401 e. The SMILES string of the molecule is CC(CC1CCCCN1)NCC1CCN(CC(F)(F)F)C1. The van der Waals surface area contributed by atoms with E-state index >= 15 is 0 Å². The van der Waals surface area contributed by atoms with Gasteiger partial charge in [-0.2, -0.15) is 13.2 Å². The van der Waals surface area contributed by atoms with Crippen LogP contribution in [0.2, 0.25) is 0 Å². The van der Waals surface area contributed by atoms with E-state index in [0.717, 1.165) is 25.9 Å². The van der Waals surface area contributed by atoms with Gasteiger partial charge in [0.25, 0.3) is 0 Å². The van der Waals surface area contributed by atoms with Crippen LogP contribution in [0.25, 0.3) is 0 Å². The lowest BCUT2D eigenvalue weighted by atomic mass is 9.98. The van der Waals surface area contributed by atoms with Gasteiger partial charge in [0.15, 0.2) is 0 Å². The average molecular weight is 307 g/mol. The molecule has 2 aliphatic heterocycles. The van der Waals surface area contributed by atoms with Crippen LogP contribution >= 0.6 is 0 Å². The first-order chi connectivity index (χ1) is 9.92. The number of halogens is 3. The summed E-state index contributed by atoms with van der Waals surface area (Å²) < 4.78 is 37.0. The summed E-state index contributed by atoms with van der Waals surface area (Å²) in [6, 6.07) is 1.03. The molecule has 0 aromatic carbocycles. The van der Waals surface area contributed by atoms with E-state index in [1.165, 1.54) is 24.2 Å². The Bertz CT molecular complexity index is 303. The van der Waals surface area contributed by atoms with Crippen molar-refractivity contribution in [1.29, 1.82) is 0 Å². The van der Waals surface area contributed by atoms with E-state index in [-0.39, 0.29) is 0 Å². The normalized spacial score (nSPS) is 29.7. The fourth-order valence-corrected chi connectivity index (χ4v) is 3.48. The van der Waals surface area contributed by atoms with Gasteiger partial charge in [0.1, 0.15) is 0 Å². The van der Waals surface area contributed by atoms with Gasteiger partial charge in [-0.15, -0.1) is 0 Å². The molecule has 2 fully saturated rings. The quantitative estimate of drug-likeness (QED) is 0.789. The first-order valence-corrected chi connectivity index (χ1v) is 8.18. The van der Waals surface area contributed by atoms with Crippen molar-refractivity contribution in [2.24, 2.45) is 5.92 Å². The number of alkyl halides is 3. The van der Waals surface area contributed by atoms with Gasteiger partial charge in [0.05, 0.1) is 6.54 Å². The molecule has 0 aliphatic carbocycles. The van der Waals surface area contributed by atoms with Gasteiger partial charge in [-0.1, -0.05) is 6.42 Å². The van der Waals surface area contributed by atoms with Crippen molar-refractivity contribution in [1.82, 2.24) is 15.5 Å². The fraction of sp³-hybridized carbons (Fsp3) is 1.00. The molecule has 0 aromatic heterocycles. The molecule has 3 nitrogen and oxygen atoms in total. The van der Waals surface area contributed by atoms with Crippen LogP contribution in [0.15, 0.2) is 0 Å². The van der Waals surface area contributed by atoms with Crippen molar-refractivity contribution >= 4 is 0 Å². The van der Waals surface area contributed by atoms with E-state index in [0.29, 0.717) is 31.1 Å². The Kier molecular flexibility index (Phi) is 6.32. The van der Waals surface area contributed by atoms with Crippen LogP contribution in [0.4, 0.5) is 13.2 Å². The third kappa shape index (κ3) is 6.53. The predicted molar refractivity (Wildman–Crippen MR) is 78.3 cm³/mol. The summed E-state index contributed by atoms with van der Waals surface area (Å²) >= 11 is 0. The Hall–Kier alpha value is -0.330. The zero-order valence-electron chi connectivity index (χ0n) is 12.9. The zero-order valence-corrected chi connectivity index (χ0v) is 12.9. The Morgan fingerprint density at radius 2 is 2.10 bits per heavy atom. The first kappa shape index (κ1) is 17.0. The molecular formula is C15H28F3N3. The van der Waals surface area contributed by atoms with E-state index in [4.69, 9.17) is 0 Å². The van der Waals surface area contributed by atoms with Crippen LogP contribution in [0.5, 0.6) is 0 Å². The number of nitrogens with one attached hydrogen (secondary N) is 2. The highest BCUT2D eigenvalue weighted by Crippen LogP contribution is 2.22. The van der Waals surface area contributed by atoms with Crippen LogP contribution < -0.4 is 10.6 Å². The molecule has 21 heavy (non-hydrogen) atoms. The van der Waals surface area contributed by atoms with Crippen molar-refractivity contribution < 1.29 is 13.2 Å². The van der Waals surface area contributed by atoms with Gasteiger partial charge in [0, 0.05) is 18.6 Å². The topological polar surface area (TPSA) is 27.3 Å². The fourth-order valence-electron chi connectivity index (χ4n) is 3.48. The standard InChI is InChI=1S/C15H28F3N3/c1-12(8-14-4-2-3-6-19-14)20-9-13-5-7-21(10-13)11-15(16,17)18/h12-14,19-20H,2-11H2,1H3. The maximum absolute atomic E-state index is 12.3. The molecule has 0 saturated carbocycles. The summed E-state index contributed by atoms with van der Waals surface area (Å²) in [6.45, 7) is 4.52. The van der Waals surface area contributed by atoms with Crippen LogP contribution in [-0.2, 0) is 0 Å². The van der Waals surface area contributed by atoms with E-state index in [1.807, 2.05) is 0 Å². The molecule has 3 unspecified atom stereocenters. The maximum atomic E-state index is 12.3. The second-order valence-electron chi connectivity index (χ2n) is 6.70. The molecule has 0 radical (unpaired) electrons. The molecule has 2 rings (SSSR count). The van der Waals surface area contributed by atoms with Crippen LogP contribution in [0, 0.1) is 5.92 Å². The molecule has 6 heteroatoms. The molecule has 2 aliphatic rings. The second-order valence-corrected chi connectivity index (χ2v) is 6.70. The lowest BCUT2D eigenvalue weighted by molar-refractivity contribution is -0.143. The summed E-state index contributed by atoms with van der Waals surface area (Å²) in [5.74, 6) is 0.356. The highest BCUT2D eigenvalue weighted by atomic mass is 19.4. The van der Waals surface area contributed by atoms with E-state index in [2.05, 4.69) is 17.6 Å². The lowest BCUT2D eigenvalue weighted by Gasteiger charge is -2.27. The van der Waals surface area contributed by atoms with Crippen molar-refractivity contribution in [2.75, 3.05) is 32.7 Å². The number of hydrogen-bond acceptors (Lipinski definition) is 3. The van der Waals surface area contributed by atoms with Gasteiger partial charge in [-0.3, -0.25) is 4.90 Å². The largest absolute Gasteiger partial charge is 0.401 e. The minimum Gasteiger partial charge on any atom is -0.314 e. The summed E-state index contributed by atoms with van der Waals surface area (Å²) in [5.41, 5.74) is 0. The van der Waals surface area contributed by atoms with Gasteiger partial charge in [0.2, 0.25) is 0 Å².